The SMILES string of the molecule is CC(C)(CNCc1c(C(=O)O)oc2ccccc12)C(N)=O. The van der Waals surface area contributed by atoms with Crippen LogP contribution < -0.4 is 11.1 Å². The summed E-state index contributed by atoms with van der Waals surface area (Å²) in [4.78, 5) is 22.5. The van der Waals surface area contributed by atoms with Gasteiger partial charge in [0.05, 0.1) is 5.41 Å². The van der Waals surface area contributed by atoms with E-state index in [9.17, 15) is 14.7 Å². The van der Waals surface area contributed by atoms with Crippen LogP contribution in [0.25, 0.3) is 11.0 Å². The lowest BCUT2D eigenvalue weighted by atomic mass is 9.92. The molecule has 2 rings (SSSR count). The van der Waals surface area contributed by atoms with Gasteiger partial charge in [-0.2, -0.15) is 0 Å². The van der Waals surface area contributed by atoms with Crippen molar-refractivity contribution in [2.45, 2.75) is 20.4 Å². The summed E-state index contributed by atoms with van der Waals surface area (Å²) in [7, 11) is 0. The van der Waals surface area contributed by atoms with Gasteiger partial charge in [0.2, 0.25) is 11.7 Å². The van der Waals surface area contributed by atoms with Crippen LogP contribution in [0.3, 0.4) is 0 Å². The van der Waals surface area contributed by atoms with E-state index in [1.165, 1.54) is 0 Å². The van der Waals surface area contributed by atoms with Gasteiger partial charge in [0.1, 0.15) is 5.58 Å². The maximum Gasteiger partial charge on any atom is 0.372 e. The molecule has 2 aromatic rings. The van der Waals surface area contributed by atoms with Crippen LogP contribution in [0.5, 0.6) is 0 Å². The summed E-state index contributed by atoms with van der Waals surface area (Å²) in [5.41, 5.74) is 5.70. The quantitative estimate of drug-likeness (QED) is 0.751. The number of para-hydroxylation sites is 1. The molecule has 0 saturated carbocycles. The number of carbonyl (C=O) groups is 2. The van der Waals surface area contributed by atoms with Crippen molar-refractivity contribution in [3.8, 4) is 0 Å². The van der Waals surface area contributed by atoms with E-state index in [1.807, 2.05) is 12.1 Å². The summed E-state index contributed by atoms with van der Waals surface area (Å²) in [5, 5.41) is 13.0. The van der Waals surface area contributed by atoms with Crippen molar-refractivity contribution in [3.63, 3.8) is 0 Å². The molecule has 112 valence electrons. The molecule has 0 saturated heterocycles. The van der Waals surface area contributed by atoms with Gasteiger partial charge in [-0.05, 0) is 19.9 Å². The molecule has 1 aromatic heterocycles. The molecule has 0 aliphatic carbocycles. The number of carbonyl (C=O) groups excluding carboxylic acids is 1. The summed E-state index contributed by atoms with van der Waals surface area (Å²) in [6, 6.07) is 7.13. The van der Waals surface area contributed by atoms with Crippen LogP contribution in [0, 0.1) is 5.41 Å². The molecule has 21 heavy (non-hydrogen) atoms. The van der Waals surface area contributed by atoms with E-state index in [0.717, 1.165) is 5.39 Å². The number of carboxylic acids is 1. The second kappa shape index (κ2) is 5.57. The van der Waals surface area contributed by atoms with E-state index in [1.54, 1.807) is 26.0 Å². The largest absolute Gasteiger partial charge is 0.475 e. The monoisotopic (exact) mass is 290 g/mol. The first-order valence-electron chi connectivity index (χ1n) is 6.57. The molecule has 1 heterocycles. The number of rotatable bonds is 6. The van der Waals surface area contributed by atoms with E-state index in [2.05, 4.69) is 5.32 Å². The number of nitrogens with one attached hydrogen (secondary N) is 1. The van der Waals surface area contributed by atoms with Crippen LogP contribution in [-0.4, -0.2) is 23.5 Å². The predicted molar refractivity (Wildman–Crippen MR) is 77.9 cm³/mol. The normalized spacial score (nSPS) is 11.7. The van der Waals surface area contributed by atoms with Gasteiger partial charge in [0.15, 0.2) is 0 Å². The summed E-state index contributed by atoms with van der Waals surface area (Å²) < 4.78 is 5.36. The van der Waals surface area contributed by atoms with Crippen LogP contribution in [0.15, 0.2) is 28.7 Å². The smallest absolute Gasteiger partial charge is 0.372 e. The zero-order chi connectivity index (χ0) is 15.6. The van der Waals surface area contributed by atoms with Crippen LogP contribution >= 0.6 is 0 Å². The third-order valence-electron chi connectivity index (χ3n) is 3.43. The maximum absolute atomic E-state index is 11.3. The Bertz CT molecular complexity index is 688. The number of carboxylic acid groups (broad SMARTS) is 1. The fraction of sp³-hybridized carbons (Fsp3) is 0.333. The Balaban J connectivity index is 2.23. The summed E-state index contributed by atoms with van der Waals surface area (Å²) in [6.07, 6.45) is 0. The Morgan fingerprint density at radius 3 is 2.62 bits per heavy atom. The number of aromatic carboxylic acids is 1. The summed E-state index contributed by atoms with van der Waals surface area (Å²) >= 11 is 0. The number of amides is 1. The second-order valence-electron chi connectivity index (χ2n) is 5.56. The van der Waals surface area contributed by atoms with Crippen LogP contribution in [0.1, 0.15) is 30.0 Å². The van der Waals surface area contributed by atoms with Gasteiger partial charge < -0.3 is 20.6 Å². The Kier molecular flexibility index (Phi) is 3.99. The average molecular weight is 290 g/mol. The van der Waals surface area contributed by atoms with Crippen molar-refractivity contribution < 1.29 is 19.1 Å². The minimum Gasteiger partial charge on any atom is -0.475 e. The predicted octanol–water partition coefficient (Wildman–Crippen LogP) is 1.73. The van der Waals surface area contributed by atoms with E-state index in [-0.39, 0.29) is 12.3 Å². The number of hydrogen-bond donors (Lipinski definition) is 3. The van der Waals surface area contributed by atoms with Crippen molar-refractivity contribution in [2.24, 2.45) is 11.1 Å². The highest BCUT2D eigenvalue weighted by Crippen LogP contribution is 2.26. The summed E-state index contributed by atoms with van der Waals surface area (Å²) in [6.45, 7) is 4.10. The van der Waals surface area contributed by atoms with Crippen LogP contribution in [-0.2, 0) is 11.3 Å². The summed E-state index contributed by atoms with van der Waals surface area (Å²) in [5.74, 6) is -1.61. The number of primary amides is 1. The highest BCUT2D eigenvalue weighted by atomic mass is 16.4. The van der Waals surface area contributed by atoms with Gasteiger partial charge in [-0.1, -0.05) is 18.2 Å². The van der Waals surface area contributed by atoms with Gasteiger partial charge in [0, 0.05) is 24.0 Å². The van der Waals surface area contributed by atoms with Crippen molar-refractivity contribution in [3.05, 3.63) is 35.6 Å². The number of benzene rings is 1. The molecule has 6 nitrogen and oxygen atoms in total. The standard InChI is InChI=1S/C15H18N2O4/c1-15(2,14(16)20)8-17-7-10-9-5-3-4-6-11(9)21-12(10)13(18)19/h3-6,17H,7-8H2,1-2H3,(H2,16,20)(H,18,19). The van der Waals surface area contributed by atoms with Crippen LogP contribution in [0.2, 0.25) is 0 Å². The molecule has 0 fully saturated rings. The van der Waals surface area contributed by atoms with Crippen LogP contribution in [0.4, 0.5) is 0 Å². The van der Waals surface area contributed by atoms with E-state index in [4.69, 9.17) is 10.2 Å². The minimum atomic E-state index is -1.11. The van der Waals surface area contributed by atoms with Crippen molar-refractivity contribution >= 4 is 22.8 Å². The topological polar surface area (TPSA) is 106 Å². The lowest BCUT2D eigenvalue weighted by Gasteiger charge is -2.20. The molecule has 6 heteroatoms. The van der Waals surface area contributed by atoms with E-state index in [0.29, 0.717) is 17.7 Å². The molecular weight excluding hydrogens is 272 g/mol. The van der Waals surface area contributed by atoms with Gasteiger partial charge >= 0.3 is 5.97 Å². The van der Waals surface area contributed by atoms with Crippen molar-refractivity contribution in [1.29, 1.82) is 0 Å². The van der Waals surface area contributed by atoms with Gasteiger partial charge in [-0.25, -0.2) is 4.79 Å². The molecule has 0 aliphatic heterocycles. The van der Waals surface area contributed by atoms with Gasteiger partial charge in [-0.3, -0.25) is 4.79 Å². The average Bonchev–Trinajstić information content (AvgIpc) is 2.78. The van der Waals surface area contributed by atoms with Gasteiger partial charge in [-0.15, -0.1) is 0 Å². The van der Waals surface area contributed by atoms with Gasteiger partial charge in [0.25, 0.3) is 0 Å². The molecule has 1 aromatic carbocycles. The lowest BCUT2D eigenvalue weighted by molar-refractivity contribution is -0.125. The third-order valence-corrected chi connectivity index (χ3v) is 3.43. The van der Waals surface area contributed by atoms with Crippen molar-refractivity contribution in [1.82, 2.24) is 5.32 Å². The van der Waals surface area contributed by atoms with E-state index < -0.39 is 17.3 Å². The maximum atomic E-state index is 11.3. The first-order chi connectivity index (χ1) is 9.83. The third kappa shape index (κ3) is 3.05. The molecule has 4 N–H and O–H groups in total. The first-order valence-corrected chi connectivity index (χ1v) is 6.57. The fourth-order valence-corrected chi connectivity index (χ4v) is 2.03. The highest BCUT2D eigenvalue weighted by molar-refractivity contribution is 5.95. The zero-order valence-corrected chi connectivity index (χ0v) is 12.0. The Labute approximate surface area is 121 Å². The van der Waals surface area contributed by atoms with E-state index >= 15 is 0 Å². The number of furan rings is 1. The highest BCUT2D eigenvalue weighted by Gasteiger charge is 2.25. The fourth-order valence-electron chi connectivity index (χ4n) is 2.03. The molecule has 0 atom stereocenters. The Hall–Kier alpha value is -2.34. The molecule has 0 bridgehead atoms. The lowest BCUT2D eigenvalue weighted by Crippen LogP contribution is -2.40. The van der Waals surface area contributed by atoms with Crippen molar-refractivity contribution in [2.75, 3.05) is 6.54 Å². The molecule has 0 unspecified atom stereocenters. The molecule has 0 radical (unpaired) electrons. The molecule has 0 spiro atoms. The minimum absolute atomic E-state index is 0.0828. The Morgan fingerprint density at radius 2 is 2.00 bits per heavy atom. The number of hydrogen-bond acceptors (Lipinski definition) is 4. The molecule has 1 amide bonds. The Morgan fingerprint density at radius 1 is 1.33 bits per heavy atom. The second-order valence-corrected chi connectivity index (χ2v) is 5.56. The molecule has 0 aliphatic rings. The number of fused-ring (bicyclic) bond motifs is 1. The number of nitrogens with two attached hydrogens (primary N) is 1. The molecular formula is C15H18N2O4. The zero-order valence-electron chi connectivity index (χ0n) is 12.0. The first kappa shape index (κ1) is 15.1.